The standard InChI is InChI=1S/C34H37ClN2O3/c1-23(21-37-33(39)40-34(2,3)4)25-14-16-28(17-15-25)32(38)30-20-29(35)18-19-31(30)36-22-24-10-12-27(13-11-24)26-8-6-5-7-9-26/h5-20,23,32,36,38H,21-22H2,1-4H3,(H,37,39). The van der Waals surface area contributed by atoms with E-state index in [1.165, 1.54) is 11.1 Å². The minimum Gasteiger partial charge on any atom is -0.444 e. The minimum absolute atomic E-state index is 0.0791. The van der Waals surface area contributed by atoms with E-state index in [0.29, 0.717) is 23.7 Å². The van der Waals surface area contributed by atoms with E-state index < -0.39 is 17.8 Å². The number of carbonyl (C=O) groups is 1. The highest BCUT2D eigenvalue weighted by atomic mass is 35.5. The van der Waals surface area contributed by atoms with Gasteiger partial charge in [0.15, 0.2) is 0 Å². The molecule has 0 saturated heterocycles. The second kappa shape index (κ2) is 13.0. The minimum atomic E-state index is -0.856. The molecule has 4 aromatic rings. The Morgan fingerprint density at radius 2 is 1.50 bits per heavy atom. The number of amides is 1. The van der Waals surface area contributed by atoms with Crippen LogP contribution < -0.4 is 10.6 Å². The van der Waals surface area contributed by atoms with Gasteiger partial charge >= 0.3 is 6.09 Å². The maximum Gasteiger partial charge on any atom is 0.407 e. The molecule has 0 aliphatic carbocycles. The summed E-state index contributed by atoms with van der Waals surface area (Å²) in [6.07, 6.45) is -1.29. The zero-order valence-electron chi connectivity index (χ0n) is 23.4. The van der Waals surface area contributed by atoms with Crippen LogP contribution in [0.5, 0.6) is 0 Å². The Bertz CT molecular complexity index is 1400. The van der Waals surface area contributed by atoms with Crippen LogP contribution in [0.3, 0.4) is 0 Å². The summed E-state index contributed by atoms with van der Waals surface area (Å²) in [7, 11) is 0. The molecule has 0 fully saturated rings. The third-order valence-electron chi connectivity index (χ3n) is 6.62. The Balaban J connectivity index is 1.40. The molecule has 1 amide bonds. The molecule has 0 heterocycles. The fraction of sp³-hybridized carbons (Fsp3) is 0.265. The summed E-state index contributed by atoms with van der Waals surface area (Å²) >= 11 is 6.32. The molecule has 0 bridgehead atoms. The van der Waals surface area contributed by atoms with Crippen molar-refractivity contribution in [2.24, 2.45) is 0 Å². The van der Waals surface area contributed by atoms with Gasteiger partial charge in [-0.15, -0.1) is 0 Å². The third-order valence-corrected chi connectivity index (χ3v) is 6.86. The van der Waals surface area contributed by atoms with Crippen LogP contribution in [0.15, 0.2) is 97.1 Å². The molecule has 6 heteroatoms. The van der Waals surface area contributed by atoms with Gasteiger partial charge in [0.25, 0.3) is 0 Å². The number of hydrogen-bond acceptors (Lipinski definition) is 4. The highest BCUT2D eigenvalue weighted by molar-refractivity contribution is 6.30. The number of nitrogens with one attached hydrogen (secondary N) is 2. The number of rotatable bonds is 9. The number of aliphatic hydroxyl groups excluding tert-OH is 1. The van der Waals surface area contributed by atoms with Crippen molar-refractivity contribution in [2.75, 3.05) is 11.9 Å². The fourth-order valence-electron chi connectivity index (χ4n) is 4.42. The molecule has 0 aliphatic rings. The average molecular weight is 557 g/mol. The van der Waals surface area contributed by atoms with Crippen molar-refractivity contribution in [3.05, 3.63) is 124 Å². The molecular weight excluding hydrogens is 520 g/mol. The van der Waals surface area contributed by atoms with Gasteiger partial charge in [0, 0.05) is 29.4 Å². The van der Waals surface area contributed by atoms with E-state index in [9.17, 15) is 9.90 Å². The number of carbonyl (C=O) groups excluding carboxylic acids is 1. The molecule has 3 N–H and O–H groups in total. The summed E-state index contributed by atoms with van der Waals surface area (Å²) in [4.78, 5) is 12.0. The van der Waals surface area contributed by atoms with Crippen LogP contribution >= 0.6 is 11.6 Å². The normalized spacial score (nSPS) is 12.8. The molecule has 2 unspecified atom stereocenters. The first-order valence-corrected chi connectivity index (χ1v) is 13.9. The van der Waals surface area contributed by atoms with Gasteiger partial charge in [0.05, 0.1) is 0 Å². The molecule has 0 aromatic heterocycles. The lowest BCUT2D eigenvalue weighted by atomic mass is 9.95. The smallest absolute Gasteiger partial charge is 0.407 e. The number of ether oxygens (including phenoxy) is 1. The molecule has 0 radical (unpaired) electrons. The predicted molar refractivity (Wildman–Crippen MR) is 164 cm³/mol. The fourth-order valence-corrected chi connectivity index (χ4v) is 4.60. The number of halogens is 1. The SMILES string of the molecule is CC(CNC(=O)OC(C)(C)C)c1ccc(C(O)c2cc(Cl)ccc2NCc2ccc(-c3ccccc3)cc2)cc1. The van der Waals surface area contributed by atoms with Crippen molar-refractivity contribution in [2.45, 2.75) is 51.9 Å². The van der Waals surface area contributed by atoms with Gasteiger partial charge < -0.3 is 20.5 Å². The van der Waals surface area contributed by atoms with Crippen LogP contribution in [0.4, 0.5) is 10.5 Å². The summed E-state index contributed by atoms with van der Waals surface area (Å²) in [5.41, 5.74) is 6.29. The first-order chi connectivity index (χ1) is 19.1. The molecule has 0 spiro atoms. The molecule has 0 saturated carbocycles. The van der Waals surface area contributed by atoms with Crippen LogP contribution in [0.25, 0.3) is 11.1 Å². The molecule has 2 atom stereocenters. The third kappa shape index (κ3) is 8.10. The monoisotopic (exact) mass is 556 g/mol. The number of alkyl carbamates (subject to hydrolysis) is 1. The summed E-state index contributed by atoms with van der Waals surface area (Å²) < 4.78 is 5.32. The van der Waals surface area contributed by atoms with E-state index in [2.05, 4.69) is 47.0 Å². The second-order valence-electron chi connectivity index (χ2n) is 11.0. The van der Waals surface area contributed by atoms with E-state index in [-0.39, 0.29) is 5.92 Å². The van der Waals surface area contributed by atoms with E-state index in [4.69, 9.17) is 16.3 Å². The van der Waals surface area contributed by atoms with Gasteiger partial charge in [-0.3, -0.25) is 0 Å². The first kappa shape index (κ1) is 29.2. The van der Waals surface area contributed by atoms with Gasteiger partial charge in [0.2, 0.25) is 0 Å². The van der Waals surface area contributed by atoms with Crippen molar-refractivity contribution < 1.29 is 14.6 Å². The number of aliphatic hydroxyl groups is 1. The highest BCUT2D eigenvalue weighted by Gasteiger charge is 2.18. The summed E-state index contributed by atoms with van der Waals surface area (Å²) in [6, 6.07) is 32.1. The van der Waals surface area contributed by atoms with E-state index in [1.54, 1.807) is 6.07 Å². The molecule has 5 nitrogen and oxygen atoms in total. The molecule has 4 aromatic carbocycles. The lowest BCUT2D eigenvalue weighted by Gasteiger charge is -2.21. The van der Waals surface area contributed by atoms with Gasteiger partial charge in [-0.1, -0.05) is 97.4 Å². The Morgan fingerprint density at radius 1 is 0.875 bits per heavy atom. The topological polar surface area (TPSA) is 70.6 Å². The van der Waals surface area contributed by atoms with E-state index in [0.717, 1.165) is 22.4 Å². The van der Waals surface area contributed by atoms with Crippen LogP contribution in [-0.2, 0) is 11.3 Å². The van der Waals surface area contributed by atoms with Crippen LogP contribution in [0.2, 0.25) is 5.02 Å². The number of anilines is 1. The van der Waals surface area contributed by atoms with Crippen LogP contribution in [0.1, 0.15) is 62.0 Å². The average Bonchev–Trinajstić information content (AvgIpc) is 2.95. The highest BCUT2D eigenvalue weighted by Crippen LogP contribution is 2.32. The van der Waals surface area contributed by atoms with Gasteiger partial charge in [-0.05, 0) is 72.7 Å². The lowest BCUT2D eigenvalue weighted by molar-refractivity contribution is 0.0525. The zero-order chi connectivity index (χ0) is 28.7. The molecule has 0 aliphatic heterocycles. The van der Waals surface area contributed by atoms with Gasteiger partial charge in [-0.2, -0.15) is 0 Å². The Labute approximate surface area is 242 Å². The number of benzene rings is 4. The summed E-state index contributed by atoms with van der Waals surface area (Å²) in [6.45, 7) is 8.61. The summed E-state index contributed by atoms with van der Waals surface area (Å²) in [5.74, 6) is 0.0791. The van der Waals surface area contributed by atoms with Gasteiger partial charge in [0.1, 0.15) is 11.7 Å². The zero-order valence-corrected chi connectivity index (χ0v) is 24.2. The Kier molecular flexibility index (Phi) is 9.51. The lowest BCUT2D eigenvalue weighted by Crippen LogP contribution is -2.34. The maximum absolute atomic E-state index is 12.0. The molecule has 4 rings (SSSR count). The largest absolute Gasteiger partial charge is 0.444 e. The Morgan fingerprint density at radius 3 is 2.15 bits per heavy atom. The maximum atomic E-state index is 12.0. The van der Waals surface area contributed by atoms with E-state index in [1.807, 2.05) is 82.3 Å². The van der Waals surface area contributed by atoms with Crippen LogP contribution in [-0.4, -0.2) is 23.3 Å². The number of hydrogen-bond donors (Lipinski definition) is 3. The summed E-state index contributed by atoms with van der Waals surface area (Å²) in [5, 5.41) is 18.1. The molecule has 208 valence electrons. The predicted octanol–water partition coefficient (Wildman–Crippen LogP) is 8.33. The van der Waals surface area contributed by atoms with E-state index >= 15 is 0 Å². The van der Waals surface area contributed by atoms with Crippen molar-refractivity contribution >= 4 is 23.4 Å². The van der Waals surface area contributed by atoms with Crippen molar-refractivity contribution in [1.82, 2.24) is 5.32 Å². The van der Waals surface area contributed by atoms with Crippen LogP contribution in [0, 0.1) is 0 Å². The molecule has 40 heavy (non-hydrogen) atoms. The van der Waals surface area contributed by atoms with Crippen molar-refractivity contribution in [3.8, 4) is 11.1 Å². The first-order valence-electron chi connectivity index (χ1n) is 13.5. The van der Waals surface area contributed by atoms with Gasteiger partial charge in [-0.25, -0.2) is 4.79 Å². The van der Waals surface area contributed by atoms with Crippen molar-refractivity contribution in [3.63, 3.8) is 0 Å². The Hall–Kier alpha value is -3.80. The quantitative estimate of drug-likeness (QED) is 0.194. The van der Waals surface area contributed by atoms with Crippen molar-refractivity contribution in [1.29, 1.82) is 0 Å². The second-order valence-corrected chi connectivity index (χ2v) is 11.4. The molecular formula is C34H37ClN2O3.